The number of aryl methyl sites for hydroxylation is 2. The molecular weight excluding hydrogens is 266 g/mol. The zero-order chi connectivity index (χ0) is 14.7. The lowest BCUT2D eigenvalue weighted by Gasteiger charge is -2.15. The van der Waals surface area contributed by atoms with Crippen LogP contribution >= 0.6 is 11.6 Å². The first-order valence-electron chi connectivity index (χ1n) is 7.11. The van der Waals surface area contributed by atoms with Gasteiger partial charge in [0.25, 0.3) is 0 Å². The summed E-state index contributed by atoms with van der Waals surface area (Å²) in [5.41, 5.74) is 6.11. The molecule has 1 unspecified atom stereocenters. The SMILES string of the molecule is CCC(NC)c1ccc(-c2cc(C)c(C)cc2Cl)cc1. The van der Waals surface area contributed by atoms with Gasteiger partial charge in [-0.1, -0.05) is 42.8 Å². The molecule has 0 aliphatic heterocycles. The average molecular weight is 288 g/mol. The van der Waals surface area contributed by atoms with Crippen LogP contribution in [0.25, 0.3) is 11.1 Å². The molecule has 20 heavy (non-hydrogen) atoms. The van der Waals surface area contributed by atoms with Gasteiger partial charge < -0.3 is 5.32 Å². The topological polar surface area (TPSA) is 12.0 Å². The van der Waals surface area contributed by atoms with E-state index in [0.29, 0.717) is 6.04 Å². The summed E-state index contributed by atoms with van der Waals surface area (Å²) in [6.45, 7) is 6.40. The van der Waals surface area contributed by atoms with Crippen LogP contribution in [0.1, 0.15) is 36.1 Å². The molecule has 0 heterocycles. The highest BCUT2D eigenvalue weighted by atomic mass is 35.5. The molecule has 2 aromatic rings. The quantitative estimate of drug-likeness (QED) is 0.805. The van der Waals surface area contributed by atoms with Crippen molar-refractivity contribution in [2.24, 2.45) is 0 Å². The van der Waals surface area contributed by atoms with Crippen LogP contribution < -0.4 is 5.32 Å². The molecule has 106 valence electrons. The van der Waals surface area contributed by atoms with Crippen LogP contribution in [0.15, 0.2) is 36.4 Å². The Hall–Kier alpha value is -1.31. The van der Waals surface area contributed by atoms with E-state index in [2.05, 4.69) is 56.4 Å². The summed E-state index contributed by atoms with van der Waals surface area (Å²) in [6.07, 6.45) is 1.08. The van der Waals surface area contributed by atoms with Gasteiger partial charge in [-0.2, -0.15) is 0 Å². The molecule has 0 aliphatic rings. The maximum Gasteiger partial charge on any atom is 0.0487 e. The van der Waals surface area contributed by atoms with Gasteiger partial charge in [0.1, 0.15) is 0 Å². The number of nitrogens with one attached hydrogen (secondary N) is 1. The molecule has 1 N–H and O–H groups in total. The van der Waals surface area contributed by atoms with E-state index in [-0.39, 0.29) is 0 Å². The van der Waals surface area contributed by atoms with Crippen LogP contribution in [0.5, 0.6) is 0 Å². The maximum absolute atomic E-state index is 6.38. The Morgan fingerprint density at radius 1 is 1.05 bits per heavy atom. The molecular formula is C18H22ClN. The predicted molar refractivity (Wildman–Crippen MR) is 88.5 cm³/mol. The molecule has 1 nitrogen and oxygen atoms in total. The number of hydrogen-bond donors (Lipinski definition) is 1. The molecule has 0 saturated heterocycles. The van der Waals surface area contributed by atoms with Crippen molar-refractivity contribution in [1.29, 1.82) is 0 Å². The fourth-order valence-electron chi connectivity index (χ4n) is 2.50. The monoisotopic (exact) mass is 287 g/mol. The Morgan fingerprint density at radius 2 is 1.65 bits per heavy atom. The number of hydrogen-bond acceptors (Lipinski definition) is 1. The van der Waals surface area contributed by atoms with Gasteiger partial charge in [-0.3, -0.25) is 0 Å². The molecule has 0 aliphatic carbocycles. The predicted octanol–water partition coefficient (Wildman–Crippen LogP) is 5.29. The lowest BCUT2D eigenvalue weighted by Crippen LogP contribution is -2.14. The molecule has 0 bridgehead atoms. The summed E-state index contributed by atoms with van der Waals surface area (Å²) >= 11 is 6.38. The summed E-state index contributed by atoms with van der Waals surface area (Å²) in [5.74, 6) is 0. The van der Waals surface area contributed by atoms with Crippen LogP contribution in [-0.2, 0) is 0 Å². The summed E-state index contributed by atoms with van der Waals surface area (Å²) in [4.78, 5) is 0. The number of rotatable bonds is 4. The third kappa shape index (κ3) is 3.05. The second-order valence-corrected chi connectivity index (χ2v) is 5.70. The van der Waals surface area contributed by atoms with Gasteiger partial charge in [0.05, 0.1) is 0 Å². The minimum absolute atomic E-state index is 0.416. The van der Waals surface area contributed by atoms with E-state index in [9.17, 15) is 0 Å². The van der Waals surface area contributed by atoms with Crippen molar-refractivity contribution < 1.29 is 0 Å². The second-order valence-electron chi connectivity index (χ2n) is 5.29. The normalized spacial score (nSPS) is 12.4. The first kappa shape index (κ1) is 15.1. The van der Waals surface area contributed by atoms with Crippen molar-refractivity contribution in [3.63, 3.8) is 0 Å². The Balaban J connectivity index is 2.37. The number of halogens is 1. The van der Waals surface area contributed by atoms with Crippen LogP contribution in [0.3, 0.4) is 0 Å². The summed E-state index contributed by atoms with van der Waals surface area (Å²) < 4.78 is 0. The average Bonchev–Trinajstić information content (AvgIpc) is 2.45. The molecule has 0 radical (unpaired) electrons. The van der Waals surface area contributed by atoms with Crippen molar-refractivity contribution >= 4 is 11.6 Å². The lowest BCUT2D eigenvalue weighted by molar-refractivity contribution is 0.577. The summed E-state index contributed by atoms with van der Waals surface area (Å²) in [7, 11) is 2.00. The third-order valence-corrected chi connectivity index (χ3v) is 4.28. The third-order valence-electron chi connectivity index (χ3n) is 3.96. The van der Waals surface area contributed by atoms with E-state index in [4.69, 9.17) is 11.6 Å². The summed E-state index contributed by atoms with van der Waals surface area (Å²) in [6, 6.07) is 13.3. The van der Waals surface area contributed by atoms with Gasteiger partial charge in [0.2, 0.25) is 0 Å². The molecule has 0 fully saturated rings. The zero-order valence-electron chi connectivity index (χ0n) is 12.6. The van der Waals surface area contributed by atoms with Gasteiger partial charge in [-0.05, 0) is 61.7 Å². The van der Waals surface area contributed by atoms with E-state index >= 15 is 0 Å². The molecule has 0 aromatic heterocycles. The second kappa shape index (κ2) is 6.43. The van der Waals surface area contributed by atoms with Crippen LogP contribution in [-0.4, -0.2) is 7.05 Å². The molecule has 0 saturated carbocycles. The zero-order valence-corrected chi connectivity index (χ0v) is 13.4. The van der Waals surface area contributed by atoms with Gasteiger partial charge >= 0.3 is 0 Å². The first-order valence-corrected chi connectivity index (χ1v) is 7.49. The van der Waals surface area contributed by atoms with Gasteiger partial charge in [0, 0.05) is 16.6 Å². The van der Waals surface area contributed by atoms with Crippen molar-refractivity contribution in [2.45, 2.75) is 33.2 Å². The molecule has 2 heteroatoms. The Labute approximate surface area is 127 Å². The Morgan fingerprint density at radius 3 is 2.20 bits per heavy atom. The molecule has 1 atom stereocenters. The Bertz CT molecular complexity index is 583. The highest BCUT2D eigenvalue weighted by Crippen LogP contribution is 2.31. The molecule has 0 spiro atoms. The highest BCUT2D eigenvalue weighted by Gasteiger charge is 2.09. The fraction of sp³-hybridized carbons (Fsp3) is 0.333. The van der Waals surface area contributed by atoms with E-state index < -0.39 is 0 Å². The van der Waals surface area contributed by atoms with Crippen LogP contribution in [0.4, 0.5) is 0 Å². The molecule has 2 rings (SSSR count). The minimum Gasteiger partial charge on any atom is -0.313 e. The lowest BCUT2D eigenvalue weighted by atomic mass is 9.97. The first-order chi connectivity index (χ1) is 9.56. The van der Waals surface area contributed by atoms with Gasteiger partial charge in [-0.25, -0.2) is 0 Å². The minimum atomic E-state index is 0.416. The standard InChI is InChI=1S/C18H22ClN/c1-5-18(20-4)15-8-6-14(7-9-15)16-10-12(2)13(3)11-17(16)19/h6-11,18,20H,5H2,1-4H3. The van der Waals surface area contributed by atoms with E-state index in [1.165, 1.54) is 22.3 Å². The van der Waals surface area contributed by atoms with E-state index in [1.807, 2.05) is 13.1 Å². The fourth-order valence-corrected chi connectivity index (χ4v) is 2.83. The van der Waals surface area contributed by atoms with E-state index in [1.54, 1.807) is 0 Å². The van der Waals surface area contributed by atoms with Gasteiger partial charge in [0.15, 0.2) is 0 Å². The van der Waals surface area contributed by atoms with Gasteiger partial charge in [-0.15, -0.1) is 0 Å². The number of benzene rings is 2. The maximum atomic E-state index is 6.38. The van der Waals surface area contributed by atoms with Crippen molar-refractivity contribution in [2.75, 3.05) is 7.05 Å². The summed E-state index contributed by atoms with van der Waals surface area (Å²) in [5, 5.41) is 4.15. The molecule has 2 aromatic carbocycles. The van der Waals surface area contributed by atoms with E-state index in [0.717, 1.165) is 17.0 Å². The van der Waals surface area contributed by atoms with Crippen LogP contribution in [0.2, 0.25) is 5.02 Å². The Kier molecular flexibility index (Phi) is 4.85. The molecule has 0 amide bonds. The highest BCUT2D eigenvalue weighted by molar-refractivity contribution is 6.33. The van der Waals surface area contributed by atoms with Crippen molar-refractivity contribution in [3.05, 3.63) is 58.1 Å². The van der Waals surface area contributed by atoms with Crippen LogP contribution in [0, 0.1) is 13.8 Å². The van der Waals surface area contributed by atoms with Crippen molar-refractivity contribution in [3.8, 4) is 11.1 Å². The largest absolute Gasteiger partial charge is 0.313 e. The van der Waals surface area contributed by atoms with Crippen molar-refractivity contribution in [1.82, 2.24) is 5.32 Å². The smallest absolute Gasteiger partial charge is 0.0487 e.